The van der Waals surface area contributed by atoms with Crippen LogP contribution in [0, 0.1) is 0 Å². The number of hydrogen-bond acceptors (Lipinski definition) is 4. The topological polar surface area (TPSA) is 70.6 Å². The van der Waals surface area contributed by atoms with E-state index < -0.39 is 10.0 Å². The molecule has 0 aliphatic heterocycles. The predicted octanol–water partition coefficient (Wildman–Crippen LogP) is 1.10. The summed E-state index contributed by atoms with van der Waals surface area (Å²) in [5.41, 5.74) is 0.665. The molecule has 1 rings (SSSR count). The van der Waals surface area contributed by atoms with Gasteiger partial charge < -0.3 is 4.90 Å². The van der Waals surface area contributed by atoms with Crippen LogP contribution >= 0.6 is 0 Å². The molecular formula is C14H23N3O3S. The van der Waals surface area contributed by atoms with Gasteiger partial charge in [-0.3, -0.25) is 9.78 Å². The molecule has 0 saturated carbocycles. The maximum atomic E-state index is 12.0. The Kier molecular flexibility index (Phi) is 6.77. The highest BCUT2D eigenvalue weighted by Gasteiger charge is 2.20. The molecule has 118 valence electrons. The Bertz CT molecular complexity index is 542. The molecule has 0 spiro atoms. The van der Waals surface area contributed by atoms with E-state index in [-0.39, 0.29) is 25.4 Å². The van der Waals surface area contributed by atoms with E-state index >= 15 is 0 Å². The van der Waals surface area contributed by atoms with Gasteiger partial charge in [-0.15, -0.1) is 0 Å². The first kappa shape index (κ1) is 17.6. The predicted molar refractivity (Wildman–Crippen MR) is 82.0 cm³/mol. The van der Waals surface area contributed by atoms with Crippen LogP contribution in [0.15, 0.2) is 24.4 Å². The summed E-state index contributed by atoms with van der Waals surface area (Å²) in [4.78, 5) is 17.8. The summed E-state index contributed by atoms with van der Waals surface area (Å²) in [6, 6.07) is 5.35. The molecule has 0 N–H and O–H groups in total. The second-order valence-corrected chi connectivity index (χ2v) is 6.72. The van der Waals surface area contributed by atoms with Gasteiger partial charge in [0, 0.05) is 32.3 Å². The molecule has 0 aliphatic rings. The highest BCUT2D eigenvalue weighted by molar-refractivity contribution is 7.88. The Balaban J connectivity index is 2.70. The van der Waals surface area contributed by atoms with E-state index in [1.807, 2.05) is 19.9 Å². The number of aromatic nitrogens is 1. The highest BCUT2D eigenvalue weighted by Crippen LogP contribution is 2.08. The lowest BCUT2D eigenvalue weighted by molar-refractivity contribution is -0.130. The number of hydrogen-bond donors (Lipinski definition) is 0. The number of sulfonamides is 1. The summed E-state index contributed by atoms with van der Waals surface area (Å²) in [6.45, 7) is 5.44. The lowest BCUT2D eigenvalue weighted by Gasteiger charge is -2.22. The molecule has 6 nitrogen and oxygen atoms in total. The van der Waals surface area contributed by atoms with Crippen LogP contribution in [-0.4, -0.2) is 54.4 Å². The van der Waals surface area contributed by atoms with Crippen molar-refractivity contribution < 1.29 is 13.2 Å². The quantitative estimate of drug-likeness (QED) is 0.720. The van der Waals surface area contributed by atoms with Crippen LogP contribution in [0.5, 0.6) is 0 Å². The minimum Gasteiger partial charge on any atom is -0.343 e. The van der Waals surface area contributed by atoms with Crippen molar-refractivity contribution >= 4 is 15.9 Å². The first-order valence-corrected chi connectivity index (χ1v) is 8.86. The molecule has 0 fully saturated rings. The van der Waals surface area contributed by atoms with Crippen molar-refractivity contribution in [2.75, 3.05) is 25.9 Å². The fraction of sp³-hybridized carbons (Fsp3) is 0.571. The average molecular weight is 313 g/mol. The molecule has 0 radical (unpaired) electrons. The second kappa shape index (κ2) is 8.09. The van der Waals surface area contributed by atoms with Gasteiger partial charge in [0.1, 0.15) is 0 Å². The first-order valence-electron chi connectivity index (χ1n) is 7.01. The Morgan fingerprint density at radius 1 is 1.24 bits per heavy atom. The average Bonchev–Trinajstić information content (AvgIpc) is 2.44. The van der Waals surface area contributed by atoms with Gasteiger partial charge in [-0.05, 0) is 26.0 Å². The van der Waals surface area contributed by atoms with Gasteiger partial charge in [-0.1, -0.05) is 6.07 Å². The van der Waals surface area contributed by atoms with Gasteiger partial charge in [0.2, 0.25) is 15.9 Å². The van der Waals surface area contributed by atoms with E-state index in [2.05, 4.69) is 4.98 Å². The third kappa shape index (κ3) is 5.81. The third-order valence-corrected chi connectivity index (χ3v) is 4.47. The zero-order valence-corrected chi connectivity index (χ0v) is 13.6. The number of carbonyl (C=O) groups excluding carboxylic acids is 1. The monoisotopic (exact) mass is 313 g/mol. The summed E-state index contributed by atoms with van der Waals surface area (Å²) in [6.07, 6.45) is 2.95. The minimum absolute atomic E-state index is 0.0327. The van der Waals surface area contributed by atoms with Crippen LogP contribution in [0.25, 0.3) is 0 Å². The van der Waals surface area contributed by atoms with Gasteiger partial charge >= 0.3 is 0 Å². The third-order valence-electron chi connectivity index (χ3n) is 3.22. The van der Waals surface area contributed by atoms with Crippen molar-refractivity contribution in [3.8, 4) is 0 Å². The Labute approximate surface area is 126 Å². The van der Waals surface area contributed by atoms with Crippen LogP contribution in [-0.2, 0) is 21.4 Å². The minimum atomic E-state index is -3.38. The van der Waals surface area contributed by atoms with E-state index in [1.165, 1.54) is 4.31 Å². The molecule has 0 unspecified atom stereocenters. The zero-order valence-electron chi connectivity index (χ0n) is 12.8. The SMILES string of the molecule is CCN(CC)C(=O)CCN(Cc1ccccn1)S(C)(=O)=O. The van der Waals surface area contributed by atoms with Gasteiger partial charge in [0.25, 0.3) is 0 Å². The van der Waals surface area contributed by atoms with E-state index in [0.717, 1.165) is 6.26 Å². The molecule has 1 heterocycles. The smallest absolute Gasteiger partial charge is 0.223 e. The van der Waals surface area contributed by atoms with E-state index in [4.69, 9.17) is 0 Å². The number of rotatable bonds is 8. The molecule has 1 aromatic rings. The Morgan fingerprint density at radius 3 is 2.38 bits per heavy atom. The van der Waals surface area contributed by atoms with E-state index in [1.54, 1.807) is 23.2 Å². The maximum Gasteiger partial charge on any atom is 0.223 e. The first-order chi connectivity index (χ1) is 9.88. The molecule has 0 saturated heterocycles. The number of nitrogens with zero attached hydrogens (tertiary/aromatic N) is 3. The maximum absolute atomic E-state index is 12.0. The molecular weight excluding hydrogens is 290 g/mol. The molecule has 7 heteroatoms. The second-order valence-electron chi connectivity index (χ2n) is 4.73. The van der Waals surface area contributed by atoms with Crippen molar-refractivity contribution in [3.63, 3.8) is 0 Å². The van der Waals surface area contributed by atoms with Crippen LogP contribution in [0.2, 0.25) is 0 Å². The summed E-state index contributed by atoms with van der Waals surface area (Å²) >= 11 is 0. The van der Waals surface area contributed by atoms with Crippen molar-refractivity contribution in [2.45, 2.75) is 26.8 Å². The van der Waals surface area contributed by atoms with Gasteiger partial charge in [0.15, 0.2) is 0 Å². The molecule has 21 heavy (non-hydrogen) atoms. The van der Waals surface area contributed by atoms with Crippen LogP contribution < -0.4 is 0 Å². The fourth-order valence-corrected chi connectivity index (χ4v) is 2.78. The van der Waals surface area contributed by atoms with E-state index in [9.17, 15) is 13.2 Å². The fourth-order valence-electron chi connectivity index (χ4n) is 1.99. The Hall–Kier alpha value is -1.47. The summed E-state index contributed by atoms with van der Waals surface area (Å²) in [5, 5.41) is 0. The zero-order chi connectivity index (χ0) is 15.9. The van der Waals surface area contributed by atoms with Gasteiger partial charge in [0.05, 0.1) is 18.5 Å². The largest absolute Gasteiger partial charge is 0.343 e. The molecule has 0 atom stereocenters. The lowest BCUT2D eigenvalue weighted by atomic mass is 10.3. The van der Waals surface area contributed by atoms with Crippen molar-refractivity contribution in [3.05, 3.63) is 30.1 Å². The van der Waals surface area contributed by atoms with Gasteiger partial charge in [-0.25, -0.2) is 8.42 Å². The molecule has 0 aliphatic carbocycles. The van der Waals surface area contributed by atoms with Crippen LogP contribution in [0.3, 0.4) is 0 Å². The van der Waals surface area contributed by atoms with E-state index in [0.29, 0.717) is 18.8 Å². The molecule has 0 bridgehead atoms. The molecule has 0 aromatic carbocycles. The lowest BCUT2D eigenvalue weighted by Crippen LogP contribution is -2.36. The standard InChI is InChI=1S/C14H23N3O3S/c1-4-16(5-2)14(18)9-11-17(21(3,19)20)12-13-8-6-7-10-15-13/h6-8,10H,4-5,9,11-12H2,1-3H3. The molecule has 1 amide bonds. The Morgan fingerprint density at radius 2 is 1.90 bits per heavy atom. The number of amides is 1. The van der Waals surface area contributed by atoms with Gasteiger partial charge in [-0.2, -0.15) is 4.31 Å². The van der Waals surface area contributed by atoms with Crippen molar-refractivity contribution in [1.82, 2.24) is 14.2 Å². The van der Waals surface area contributed by atoms with Crippen molar-refractivity contribution in [2.24, 2.45) is 0 Å². The summed E-state index contributed by atoms with van der Waals surface area (Å²) in [5.74, 6) is -0.0327. The normalized spacial score (nSPS) is 11.6. The van der Waals surface area contributed by atoms with Crippen molar-refractivity contribution in [1.29, 1.82) is 0 Å². The molecule has 1 aromatic heterocycles. The highest BCUT2D eigenvalue weighted by atomic mass is 32.2. The summed E-state index contributed by atoms with van der Waals surface area (Å²) in [7, 11) is -3.38. The van der Waals surface area contributed by atoms with Crippen LogP contribution in [0.4, 0.5) is 0 Å². The van der Waals surface area contributed by atoms with Crippen LogP contribution in [0.1, 0.15) is 26.0 Å². The number of carbonyl (C=O) groups is 1. The number of pyridine rings is 1. The summed E-state index contributed by atoms with van der Waals surface area (Å²) < 4.78 is 24.9.